The molecule has 0 amide bonds. The molecule has 2 nitrogen and oxygen atoms in total. The number of hydrogen-bond acceptors (Lipinski definition) is 2. The summed E-state index contributed by atoms with van der Waals surface area (Å²) in [7, 11) is 0. The molecule has 1 saturated heterocycles. The molecule has 2 N–H and O–H groups in total. The first-order chi connectivity index (χ1) is 7.99. The van der Waals surface area contributed by atoms with Crippen molar-refractivity contribution < 1.29 is 8.78 Å². The maximum Gasteiger partial charge on any atom is 0.126 e. The lowest BCUT2D eigenvalue weighted by atomic mass is 10.00. The molecule has 1 aliphatic heterocycles. The van der Waals surface area contributed by atoms with E-state index in [1.807, 2.05) is 0 Å². The van der Waals surface area contributed by atoms with Crippen LogP contribution < -0.4 is 5.73 Å². The fourth-order valence-electron chi connectivity index (χ4n) is 2.61. The molecule has 1 aromatic rings. The second kappa shape index (κ2) is 4.70. The van der Waals surface area contributed by atoms with E-state index in [0.29, 0.717) is 11.6 Å². The van der Waals surface area contributed by atoms with E-state index in [1.54, 1.807) is 0 Å². The van der Waals surface area contributed by atoms with Gasteiger partial charge in [-0.25, -0.2) is 8.78 Å². The maximum atomic E-state index is 13.2. The number of nitrogens with zero attached hydrogens (tertiary/aromatic N) is 1. The summed E-state index contributed by atoms with van der Waals surface area (Å²) in [6.07, 6.45) is 0.862. The van der Waals surface area contributed by atoms with Crippen LogP contribution >= 0.6 is 0 Å². The lowest BCUT2D eigenvalue weighted by Gasteiger charge is -2.30. The molecule has 1 aliphatic rings. The van der Waals surface area contributed by atoms with Gasteiger partial charge in [0.1, 0.15) is 11.6 Å². The highest BCUT2D eigenvalue weighted by Gasteiger charge is 2.34. The second-order valence-corrected chi connectivity index (χ2v) is 4.93. The van der Waals surface area contributed by atoms with Gasteiger partial charge in [0.05, 0.1) is 6.04 Å². The van der Waals surface area contributed by atoms with Gasteiger partial charge in [-0.05, 0) is 38.0 Å². The molecule has 1 heterocycles. The fourth-order valence-corrected chi connectivity index (χ4v) is 2.61. The topological polar surface area (TPSA) is 29.3 Å². The molecular formula is C13H18F2N2. The smallest absolute Gasteiger partial charge is 0.126 e. The van der Waals surface area contributed by atoms with Crippen molar-refractivity contribution in [2.45, 2.75) is 38.4 Å². The van der Waals surface area contributed by atoms with Crippen molar-refractivity contribution in [2.75, 3.05) is 6.54 Å². The van der Waals surface area contributed by atoms with Crippen molar-refractivity contribution in [3.05, 3.63) is 35.4 Å². The third-order valence-electron chi connectivity index (χ3n) is 3.37. The summed E-state index contributed by atoms with van der Waals surface area (Å²) in [5.74, 6) is -1.08. The third-order valence-corrected chi connectivity index (χ3v) is 3.37. The van der Waals surface area contributed by atoms with Gasteiger partial charge in [0, 0.05) is 24.7 Å². The van der Waals surface area contributed by atoms with Crippen molar-refractivity contribution in [1.82, 2.24) is 4.90 Å². The monoisotopic (exact) mass is 240 g/mol. The van der Waals surface area contributed by atoms with Crippen LogP contribution in [0.4, 0.5) is 8.78 Å². The predicted molar refractivity (Wildman–Crippen MR) is 63.5 cm³/mol. The van der Waals surface area contributed by atoms with Crippen LogP contribution in [0.1, 0.15) is 31.9 Å². The number of benzene rings is 1. The molecule has 4 heteroatoms. The average molecular weight is 240 g/mol. The first kappa shape index (κ1) is 12.5. The summed E-state index contributed by atoms with van der Waals surface area (Å²) in [6.45, 7) is 5.02. The molecule has 2 atom stereocenters. The molecule has 0 spiro atoms. The lowest BCUT2D eigenvalue weighted by Crippen LogP contribution is -2.36. The second-order valence-electron chi connectivity index (χ2n) is 4.93. The van der Waals surface area contributed by atoms with Crippen LogP contribution in [0.25, 0.3) is 0 Å². The Balaban J connectivity index is 2.36. The van der Waals surface area contributed by atoms with E-state index >= 15 is 0 Å². The average Bonchev–Trinajstić information content (AvgIpc) is 2.58. The van der Waals surface area contributed by atoms with Crippen molar-refractivity contribution in [3.63, 3.8) is 0 Å². The van der Waals surface area contributed by atoms with Crippen molar-refractivity contribution >= 4 is 0 Å². The summed E-state index contributed by atoms with van der Waals surface area (Å²) >= 11 is 0. The minimum Gasteiger partial charge on any atom is -0.326 e. The maximum absolute atomic E-state index is 13.2. The number of rotatable bonds is 2. The van der Waals surface area contributed by atoms with E-state index < -0.39 is 11.6 Å². The van der Waals surface area contributed by atoms with E-state index in [1.165, 1.54) is 12.1 Å². The first-order valence-electron chi connectivity index (χ1n) is 5.96. The van der Waals surface area contributed by atoms with Gasteiger partial charge >= 0.3 is 0 Å². The van der Waals surface area contributed by atoms with Crippen molar-refractivity contribution in [1.29, 1.82) is 0 Å². The Labute approximate surface area is 100 Å². The fraction of sp³-hybridized carbons (Fsp3) is 0.538. The van der Waals surface area contributed by atoms with E-state index in [-0.39, 0.29) is 12.1 Å². The highest BCUT2D eigenvalue weighted by atomic mass is 19.1. The molecule has 94 valence electrons. The first-order valence-corrected chi connectivity index (χ1v) is 5.96. The Morgan fingerprint density at radius 3 is 2.35 bits per heavy atom. The zero-order valence-electron chi connectivity index (χ0n) is 10.2. The Morgan fingerprint density at radius 1 is 1.24 bits per heavy atom. The van der Waals surface area contributed by atoms with Gasteiger partial charge in [-0.15, -0.1) is 0 Å². The molecule has 1 aromatic carbocycles. The standard InChI is InChI=1S/C13H18F2N2/c1-8(2)17-4-3-12(16)13(17)9-5-10(14)7-11(15)6-9/h5-8,12-13H,3-4,16H2,1-2H3. The molecule has 17 heavy (non-hydrogen) atoms. The Kier molecular flexibility index (Phi) is 3.45. The van der Waals surface area contributed by atoms with E-state index in [0.717, 1.165) is 19.0 Å². The molecule has 0 aromatic heterocycles. The molecule has 0 aliphatic carbocycles. The lowest BCUT2D eigenvalue weighted by molar-refractivity contribution is 0.197. The van der Waals surface area contributed by atoms with Gasteiger partial charge in [0.2, 0.25) is 0 Å². The quantitative estimate of drug-likeness (QED) is 0.860. The minimum atomic E-state index is -0.539. The van der Waals surface area contributed by atoms with Crippen LogP contribution in [0.15, 0.2) is 18.2 Å². The normalized spacial score (nSPS) is 25.8. The minimum absolute atomic E-state index is 0.0569. The third kappa shape index (κ3) is 2.48. The summed E-state index contributed by atoms with van der Waals surface area (Å²) in [5.41, 5.74) is 6.69. The zero-order chi connectivity index (χ0) is 12.6. The van der Waals surface area contributed by atoms with Crippen LogP contribution in [0.5, 0.6) is 0 Å². The Morgan fingerprint density at radius 2 is 1.82 bits per heavy atom. The SMILES string of the molecule is CC(C)N1CCC(N)C1c1cc(F)cc(F)c1. The van der Waals surface area contributed by atoms with Crippen molar-refractivity contribution in [3.8, 4) is 0 Å². The molecule has 2 unspecified atom stereocenters. The number of nitrogens with two attached hydrogens (primary N) is 1. The summed E-state index contributed by atoms with van der Waals surface area (Å²) in [4.78, 5) is 2.19. The van der Waals surface area contributed by atoms with Gasteiger partial charge in [-0.2, -0.15) is 0 Å². The molecular weight excluding hydrogens is 222 g/mol. The number of likely N-dealkylation sites (tertiary alicyclic amines) is 1. The predicted octanol–water partition coefficient (Wildman–Crippen LogP) is 2.45. The van der Waals surface area contributed by atoms with Crippen LogP contribution in [0.2, 0.25) is 0 Å². The van der Waals surface area contributed by atoms with Crippen LogP contribution in [0, 0.1) is 11.6 Å². The van der Waals surface area contributed by atoms with Crippen LogP contribution in [-0.2, 0) is 0 Å². The van der Waals surface area contributed by atoms with E-state index in [2.05, 4.69) is 18.7 Å². The molecule has 0 bridgehead atoms. The molecule has 0 saturated carbocycles. The van der Waals surface area contributed by atoms with Gasteiger partial charge in [0.15, 0.2) is 0 Å². The van der Waals surface area contributed by atoms with Gasteiger partial charge in [-0.1, -0.05) is 0 Å². The van der Waals surface area contributed by atoms with Crippen molar-refractivity contribution in [2.24, 2.45) is 5.73 Å². The number of hydrogen-bond donors (Lipinski definition) is 1. The molecule has 0 radical (unpaired) electrons. The number of halogens is 2. The zero-order valence-corrected chi connectivity index (χ0v) is 10.2. The largest absolute Gasteiger partial charge is 0.326 e. The Bertz CT molecular complexity index is 386. The van der Waals surface area contributed by atoms with E-state index in [4.69, 9.17) is 5.73 Å². The molecule has 2 rings (SSSR count). The van der Waals surface area contributed by atoms with E-state index in [9.17, 15) is 8.78 Å². The van der Waals surface area contributed by atoms with Gasteiger partial charge in [-0.3, -0.25) is 4.90 Å². The summed E-state index contributed by atoms with van der Waals surface area (Å²) in [5, 5.41) is 0. The van der Waals surface area contributed by atoms with Crippen LogP contribution in [-0.4, -0.2) is 23.5 Å². The highest BCUT2D eigenvalue weighted by Crippen LogP contribution is 2.33. The van der Waals surface area contributed by atoms with Gasteiger partial charge < -0.3 is 5.73 Å². The van der Waals surface area contributed by atoms with Gasteiger partial charge in [0.25, 0.3) is 0 Å². The summed E-state index contributed by atoms with van der Waals surface area (Å²) < 4.78 is 26.5. The van der Waals surface area contributed by atoms with Crippen LogP contribution in [0.3, 0.4) is 0 Å². The summed E-state index contributed by atoms with van der Waals surface area (Å²) in [6, 6.07) is 3.84. The molecule has 1 fully saturated rings. The Hall–Kier alpha value is -1.00. The highest BCUT2D eigenvalue weighted by molar-refractivity contribution is 5.24.